The smallest absolute Gasteiger partial charge is 0.00964 e. The number of piperidine rings is 1. The SMILES string of the molecule is C1CC(NC2CCN(C3CC3)CC2)C1. The molecule has 1 N–H and O–H groups in total. The molecule has 0 spiro atoms. The van der Waals surface area contributed by atoms with Crippen molar-refractivity contribution in [2.45, 2.75) is 63.1 Å². The molecule has 0 radical (unpaired) electrons. The molecule has 2 heteroatoms. The second-order valence-electron chi connectivity index (χ2n) is 5.34. The van der Waals surface area contributed by atoms with E-state index < -0.39 is 0 Å². The van der Waals surface area contributed by atoms with Crippen molar-refractivity contribution in [2.24, 2.45) is 0 Å². The first-order chi connectivity index (χ1) is 6.92. The monoisotopic (exact) mass is 194 g/mol. The average molecular weight is 194 g/mol. The summed E-state index contributed by atoms with van der Waals surface area (Å²) < 4.78 is 0. The highest BCUT2D eigenvalue weighted by molar-refractivity contribution is 4.90. The molecule has 0 amide bonds. The molecule has 2 nitrogen and oxygen atoms in total. The van der Waals surface area contributed by atoms with E-state index in [-0.39, 0.29) is 0 Å². The second-order valence-corrected chi connectivity index (χ2v) is 5.34. The van der Waals surface area contributed by atoms with Crippen LogP contribution in [0.15, 0.2) is 0 Å². The molecule has 1 saturated heterocycles. The summed E-state index contributed by atoms with van der Waals surface area (Å²) in [7, 11) is 0. The molecule has 1 aliphatic heterocycles. The highest BCUT2D eigenvalue weighted by atomic mass is 15.2. The molecular weight excluding hydrogens is 172 g/mol. The van der Waals surface area contributed by atoms with E-state index in [0.717, 1.165) is 18.1 Å². The maximum absolute atomic E-state index is 3.81. The minimum Gasteiger partial charge on any atom is -0.311 e. The van der Waals surface area contributed by atoms with Crippen LogP contribution >= 0.6 is 0 Å². The number of hydrogen-bond donors (Lipinski definition) is 1. The lowest BCUT2D eigenvalue weighted by Crippen LogP contribution is -2.48. The largest absolute Gasteiger partial charge is 0.311 e. The summed E-state index contributed by atoms with van der Waals surface area (Å²) in [5.41, 5.74) is 0. The van der Waals surface area contributed by atoms with Gasteiger partial charge in [0.05, 0.1) is 0 Å². The van der Waals surface area contributed by atoms with Gasteiger partial charge in [-0.25, -0.2) is 0 Å². The van der Waals surface area contributed by atoms with Gasteiger partial charge < -0.3 is 10.2 Å². The molecule has 0 unspecified atom stereocenters. The molecule has 0 atom stereocenters. The number of nitrogens with one attached hydrogen (secondary N) is 1. The summed E-state index contributed by atoms with van der Waals surface area (Å²) in [6.45, 7) is 2.71. The molecule has 0 aromatic rings. The minimum atomic E-state index is 0.843. The van der Waals surface area contributed by atoms with Crippen LogP contribution in [0.25, 0.3) is 0 Å². The topological polar surface area (TPSA) is 15.3 Å². The Labute approximate surface area is 87.0 Å². The van der Waals surface area contributed by atoms with Gasteiger partial charge in [0.2, 0.25) is 0 Å². The van der Waals surface area contributed by atoms with Crippen LogP contribution < -0.4 is 5.32 Å². The van der Waals surface area contributed by atoms with E-state index in [4.69, 9.17) is 0 Å². The van der Waals surface area contributed by atoms with Crippen LogP contribution in [0.4, 0.5) is 0 Å². The molecule has 2 saturated carbocycles. The van der Waals surface area contributed by atoms with Crippen molar-refractivity contribution in [1.29, 1.82) is 0 Å². The quantitative estimate of drug-likeness (QED) is 0.736. The van der Waals surface area contributed by atoms with E-state index in [0.29, 0.717) is 0 Å². The number of rotatable bonds is 3. The third kappa shape index (κ3) is 1.96. The van der Waals surface area contributed by atoms with Gasteiger partial charge in [-0.2, -0.15) is 0 Å². The van der Waals surface area contributed by atoms with E-state index in [1.54, 1.807) is 0 Å². The third-order valence-electron chi connectivity index (χ3n) is 4.17. The molecule has 3 aliphatic rings. The zero-order valence-electron chi connectivity index (χ0n) is 9.04. The fourth-order valence-electron chi connectivity index (χ4n) is 2.78. The summed E-state index contributed by atoms with van der Waals surface area (Å²) >= 11 is 0. The second kappa shape index (κ2) is 3.82. The Morgan fingerprint density at radius 3 is 1.93 bits per heavy atom. The Bertz CT molecular complexity index is 188. The van der Waals surface area contributed by atoms with Gasteiger partial charge in [0.15, 0.2) is 0 Å². The van der Waals surface area contributed by atoms with Gasteiger partial charge >= 0.3 is 0 Å². The molecule has 2 aliphatic carbocycles. The predicted octanol–water partition coefficient (Wildman–Crippen LogP) is 1.76. The Morgan fingerprint density at radius 2 is 1.43 bits per heavy atom. The van der Waals surface area contributed by atoms with Crippen LogP contribution in [0.3, 0.4) is 0 Å². The number of nitrogens with zero attached hydrogens (tertiary/aromatic N) is 1. The van der Waals surface area contributed by atoms with Gasteiger partial charge in [-0.15, -0.1) is 0 Å². The summed E-state index contributed by atoms with van der Waals surface area (Å²) in [5.74, 6) is 0. The molecule has 80 valence electrons. The van der Waals surface area contributed by atoms with Gasteiger partial charge in [-0.3, -0.25) is 0 Å². The average Bonchev–Trinajstić information content (AvgIpc) is 2.96. The van der Waals surface area contributed by atoms with Gasteiger partial charge in [0.25, 0.3) is 0 Å². The molecule has 0 aromatic carbocycles. The third-order valence-corrected chi connectivity index (χ3v) is 4.17. The Hall–Kier alpha value is -0.0800. The highest BCUT2D eigenvalue weighted by Gasteiger charge is 2.32. The van der Waals surface area contributed by atoms with Crippen LogP contribution in [0.1, 0.15) is 44.9 Å². The van der Waals surface area contributed by atoms with Crippen LogP contribution in [0.5, 0.6) is 0 Å². The van der Waals surface area contributed by atoms with Crippen molar-refractivity contribution >= 4 is 0 Å². The van der Waals surface area contributed by atoms with E-state index >= 15 is 0 Å². The Kier molecular flexibility index (Phi) is 2.50. The fraction of sp³-hybridized carbons (Fsp3) is 1.00. The van der Waals surface area contributed by atoms with Crippen molar-refractivity contribution in [3.63, 3.8) is 0 Å². The Balaban J connectivity index is 1.40. The lowest BCUT2D eigenvalue weighted by Gasteiger charge is -2.37. The maximum atomic E-state index is 3.81. The van der Waals surface area contributed by atoms with E-state index in [1.165, 1.54) is 58.0 Å². The molecule has 3 fully saturated rings. The van der Waals surface area contributed by atoms with Gasteiger partial charge in [-0.1, -0.05) is 6.42 Å². The normalized spacial score (nSPS) is 31.7. The first-order valence-corrected chi connectivity index (χ1v) is 6.42. The van der Waals surface area contributed by atoms with Crippen molar-refractivity contribution < 1.29 is 0 Å². The molecule has 0 aromatic heterocycles. The summed E-state index contributed by atoms with van der Waals surface area (Å²) in [6, 6.07) is 2.71. The summed E-state index contributed by atoms with van der Waals surface area (Å²) in [5, 5.41) is 3.81. The highest BCUT2D eigenvalue weighted by Crippen LogP contribution is 2.29. The maximum Gasteiger partial charge on any atom is 0.00964 e. The van der Waals surface area contributed by atoms with Crippen LogP contribution in [-0.4, -0.2) is 36.1 Å². The lowest BCUT2D eigenvalue weighted by molar-refractivity contribution is 0.171. The van der Waals surface area contributed by atoms with Crippen molar-refractivity contribution in [2.75, 3.05) is 13.1 Å². The van der Waals surface area contributed by atoms with Crippen molar-refractivity contribution in [3.8, 4) is 0 Å². The minimum absolute atomic E-state index is 0.843. The summed E-state index contributed by atoms with van der Waals surface area (Å²) in [6.07, 6.45) is 10.1. The number of likely N-dealkylation sites (tertiary alicyclic amines) is 1. The molecule has 3 rings (SSSR count). The zero-order valence-corrected chi connectivity index (χ0v) is 9.04. The number of hydrogen-bond acceptors (Lipinski definition) is 2. The van der Waals surface area contributed by atoms with Crippen LogP contribution in [-0.2, 0) is 0 Å². The van der Waals surface area contributed by atoms with Crippen molar-refractivity contribution in [1.82, 2.24) is 10.2 Å². The first kappa shape index (κ1) is 9.17. The van der Waals surface area contributed by atoms with Crippen LogP contribution in [0, 0.1) is 0 Å². The van der Waals surface area contributed by atoms with Crippen LogP contribution in [0.2, 0.25) is 0 Å². The van der Waals surface area contributed by atoms with Gasteiger partial charge in [0, 0.05) is 18.1 Å². The predicted molar refractivity (Wildman–Crippen MR) is 58.4 cm³/mol. The van der Waals surface area contributed by atoms with Gasteiger partial charge in [-0.05, 0) is 51.6 Å². The zero-order chi connectivity index (χ0) is 9.38. The molecule has 0 bridgehead atoms. The molecular formula is C12H22N2. The lowest BCUT2D eigenvalue weighted by atomic mass is 9.91. The van der Waals surface area contributed by atoms with Gasteiger partial charge in [0.1, 0.15) is 0 Å². The standard InChI is InChI=1S/C12H22N2/c1-2-10(3-1)13-11-6-8-14(9-7-11)12-4-5-12/h10-13H,1-9H2. The summed E-state index contributed by atoms with van der Waals surface area (Å²) in [4.78, 5) is 2.71. The van der Waals surface area contributed by atoms with E-state index in [9.17, 15) is 0 Å². The van der Waals surface area contributed by atoms with E-state index in [2.05, 4.69) is 10.2 Å². The molecule has 14 heavy (non-hydrogen) atoms. The van der Waals surface area contributed by atoms with Crippen molar-refractivity contribution in [3.05, 3.63) is 0 Å². The van der Waals surface area contributed by atoms with E-state index in [1.807, 2.05) is 0 Å². The molecule has 1 heterocycles. The first-order valence-electron chi connectivity index (χ1n) is 6.42. The Morgan fingerprint density at radius 1 is 0.786 bits per heavy atom. The fourth-order valence-corrected chi connectivity index (χ4v) is 2.78.